The molecular formula is C10H7F4N3. The molecule has 0 saturated heterocycles. The zero-order valence-electron chi connectivity index (χ0n) is 8.35. The number of nitrogens with one attached hydrogen (secondary N) is 1. The summed E-state index contributed by atoms with van der Waals surface area (Å²) in [5.41, 5.74) is 4.77. The van der Waals surface area contributed by atoms with E-state index < -0.39 is 17.7 Å². The third kappa shape index (κ3) is 2.22. The Bertz CT molecular complexity index is 545. The van der Waals surface area contributed by atoms with Gasteiger partial charge in [-0.25, -0.2) is 9.37 Å². The Hall–Kier alpha value is -2.05. The second kappa shape index (κ2) is 3.76. The van der Waals surface area contributed by atoms with Gasteiger partial charge in [-0.05, 0) is 18.2 Å². The molecule has 1 heterocycles. The van der Waals surface area contributed by atoms with Crippen LogP contribution in [0.3, 0.4) is 0 Å². The van der Waals surface area contributed by atoms with Crippen molar-refractivity contribution in [3.63, 3.8) is 0 Å². The third-order valence-corrected chi connectivity index (χ3v) is 2.15. The van der Waals surface area contributed by atoms with E-state index in [2.05, 4.69) is 9.97 Å². The van der Waals surface area contributed by atoms with Gasteiger partial charge in [0.25, 0.3) is 0 Å². The molecule has 0 atom stereocenters. The van der Waals surface area contributed by atoms with Crippen molar-refractivity contribution in [2.45, 2.75) is 6.18 Å². The van der Waals surface area contributed by atoms with Crippen LogP contribution in [0.25, 0.3) is 11.4 Å². The number of imidazole rings is 1. The van der Waals surface area contributed by atoms with Gasteiger partial charge in [0, 0.05) is 11.3 Å². The molecule has 17 heavy (non-hydrogen) atoms. The number of nitrogen functional groups attached to an aromatic ring is 1. The van der Waals surface area contributed by atoms with Crippen molar-refractivity contribution in [3.05, 3.63) is 35.9 Å². The maximum atomic E-state index is 13.0. The first-order chi connectivity index (χ1) is 7.88. The lowest BCUT2D eigenvalue weighted by Crippen LogP contribution is -2.05. The van der Waals surface area contributed by atoms with Crippen molar-refractivity contribution in [2.24, 2.45) is 0 Å². The van der Waals surface area contributed by atoms with Gasteiger partial charge in [-0.15, -0.1) is 0 Å². The number of aromatic nitrogens is 2. The molecule has 0 radical (unpaired) electrons. The number of halogens is 4. The summed E-state index contributed by atoms with van der Waals surface area (Å²) in [5.74, 6) is -0.714. The van der Waals surface area contributed by atoms with Gasteiger partial charge in [0.2, 0.25) is 0 Å². The Kier molecular flexibility index (Phi) is 2.53. The Morgan fingerprint density at radius 3 is 2.53 bits per heavy atom. The highest BCUT2D eigenvalue weighted by Gasteiger charge is 2.33. The predicted molar refractivity (Wildman–Crippen MR) is 53.4 cm³/mol. The first-order valence-corrected chi connectivity index (χ1v) is 4.55. The van der Waals surface area contributed by atoms with Gasteiger partial charge in [-0.3, -0.25) is 0 Å². The SMILES string of the molecule is Nc1ccc(F)cc1-c1ncc(C(F)(F)F)[nH]1. The summed E-state index contributed by atoms with van der Waals surface area (Å²) in [6.45, 7) is 0. The summed E-state index contributed by atoms with van der Waals surface area (Å²) in [6.07, 6.45) is -3.88. The van der Waals surface area contributed by atoms with Gasteiger partial charge in [0.05, 0.1) is 6.20 Å². The molecule has 3 nitrogen and oxygen atoms in total. The van der Waals surface area contributed by atoms with Gasteiger partial charge in [0.15, 0.2) is 0 Å². The Labute approximate surface area is 93.3 Å². The molecule has 7 heteroatoms. The maximum absolute atomic E-state index is 13.0. The van der Waals surface area contributed by atoms with Crippen LogP contribution in [-0.4, -0.2) is 9.97 Å². The first-order valence-electron chi connectivity index (χ1n) is 4.55. The summed E-state index contributed by atoms with van der Waals surface area (Å²) in [5, 5.41) is 0. The molecule has 1 aromatic heterocycles. The van der Waals surface area contributed by atoms with Crippen LogP contribution in [0.5, 0.6) is 0 Å². The number of hydrogen-bond donors (Lipinski definition) is 2. The van der Waals surface area contributed by atoms with E-state index in [9.17, 15) is 17.6 Å². The Morgan fingerprint density at radius 1 is 1.24 bits per heavy atom. The van der Waals surface area contributed by atoms with Crippen molar-refractivity contribution in [2.75, 3.05) is 5.73 Å². The summed E-state index contributed by atoms with van der Waals surface area (Å²) in [6, 6.07) is 3.40. The van der Waals surface area contributed by atoms with Gasteiger partial charge >= 0.3 is 6.18 Å². The van der Waals surface area contributed by atoms with Crippen LogP contribution in [0.4, 0.5) is 23.2 Å². The van der Waals surface area contributed by atoms with E-state index in [0.717, 1.165) is 12.1 Å². The molecule has 3 N–H and O–H groups in total. The van der Waals surface area contributed by atoms with Crippen molar-refractivity contribution in [1.29, 1.82) is 0 Å². The summed E-state index contributed by atoms with van der Waals surface area (Å²) in [4.78, 5) is 5.59. The zero-order valence-corrected chi connectivity index (χ0v) is 8.35. The lowest BCUT2D eigenvalue weighted by molar-refractivity contribution is -0.140. The highest BCUT2D eigenvalue weighted by molar-refractivity contribution is 5.71. The maximum Gasteiger partial charge on any atom is 0.432 e. The van der Waals surface area contributed by atoms with Gasteiger partial charge in [-0.1, -0.05) is 0 Å². The molecule has 0 spiro atoms. The number of H-pyrrole nitrogens is 1. The van der Waals surface area contributed by atoms with E-state index in [-0.39, 0.29) is 17.1 Å². The van der Waals surface area contributed by atoms with E-state index in [1.54, 1.807) is 0 Å². The van der Waals surface area contributed by atoms with Crippen LogP contribution < -0.4 is 5.73 Å². The molecule has 2 aromatic rings. The Balaban J connectivity index is 2.47. The van der Waals surface area contributed by atoms with Crippen LogP contribution >= 0.6 is 0 Å². The predicted octanol–water partition coefficient (Wildman–Crippen LogP) is 2.82. The summed E-state index contributed by atoms with van der Waals surface area (Å²) < 4.78 is 49.9. The normalized spacial score (nSPS) is 11.8. The fourth-order valence-corrected chi connectivity index (χ4v) is 1.34. The number of nitrogens with zero attached hydrogens (tertiary/aromatic N) is 1. The zero-order chi connectivity index (χ0) is 12.6. The van der Waals surface area contributed by atoms with Crippen molar-refractivity contribution < 1.29 is 17.6 Å². The average molecular weight is 245 g/mol. The lowest BCUT2D eigenvalue weighted by atomic mass is 10.1. The molecule has 0 amide bonds. The minimum atomic E-state index is -4.52. The fourth-order valence-electron chi connectivity index (χ4n) is 1.34. The molecule has 0 bridgehead atoms. The van der Waals surface area contributed by atoms with E-state index in [1.165, 1.54) is 6.07 Å². The van der Waals surface area contributed by atoms with Crippen LogP contribution in [0.2, 0.25) is 0 Å². The molecule has 0 fully saturated rings. The van der Waals surface area contributed by atoms with Gasteiger partial charge < -0.3 is 10.7 Å². The smallest absolute Gasteiger partial charge is 0.398 e. The van der Waals surface area contributed by atoms with Crippen molar-refractivity contribution in [3.8, 4) is 11.4 Å². The molecule has 90 valence electrons. The standard InChI is InChI=1S/C10H7F4N3/c11-5-1-2-7(15)6(3-5)9-16-4-8(17-9)10(12,13)14/h1-4H,15H2,(H,16,17). The molecule has 0 unspecified atom stereocenters. The van der Waals surface area contributed by atoms with Gasteiger partial charge in [-0.2, -0.15) is 13.2 Å². The van der Waals surface area contributed by atoms with E-state index in [1.807, 2.05) is 0 Å². The second-order valence-electron chi connectivity index (χ2n) is 3.37. The minimum Gasteiger partial charge on any atom is -0.398 e. The summed E-state index contributed by atoms with van der Waals surface area (Å²) >= 11 is 0. The topological polar surface area (TPSA) is 54.7 Å². The minimum absolute atomic E-state index is 0.0977. The number of alkyl halides is 3. The van der Waals surface area contributed by atoms with E-state index >= 15 is 0 Å². The molecule has 0 saturated carbocycles. The number of aromatic amines is 1. The third-order valence-electron chi connectivity index (χ3n) is 2.15. The number of anilines is 1. The highest BCUT2D eigenvalue weighted by atomic mass is 19.4. The molecular weight excluding hydrogens is 238 g/mol. The number of nitrogens with two attached hydrogens (primary N) is 1. The van der Waals surface area contributed by atoms with Gasteiger partial charge in [0.1, 0.15) is 17.3 Å². The molecule has 2 rings (SSSR count). The largest absolute Gasteiger partial charge is 0.432 e. The summed E-state index contributed by atoms with van der Waals surface area (Å²) in [7, 11) is 0. The first kappa shape index (κ1) is 11.4. The number of hydrogen-bond acceptors (Lipinski definition) is 2. The molecule has 0 aliphatic heterocycles. The van der Waals surface area contributed by atoms with E-state index in [4.69, 9.17) is 5.73 Å². The van der Waals surface area contributed by atoms with E-state index in [0.29, 0.717) is 6.20 Å². The monoisotopic (exact) mass is 245 g/mol. The highest BCUT2D eigenvalue weighted by Crippen LogP contribution is 2.31. The molecule has 0 aliphatic rings. The second-order valence-corrected chi connectivity index (χ2v) is 3.37. The number of benzene rings is 1. The Morgan fingerprint density at radius 2 is 1.94 bits per heavy atom. The molecule has 1 aromatic carbocycles. The van der Waals surface area contributed by atoms with Crippen LogP contribution in [-0.2, 0) is 6.18 Å². The van der Waals surface area contributed by atoms with Crippen LogP contribution in [0.1, 0.15) is 5.69 Å². The lowest BCUT2D eigenvalue weighted by Gasteiger charge is -2.03. The van der Waals surface area contributed by atoms with Crippen LogP contribution in [0, 0.1) is 5.82 Å². The fraction of sp³-hybridized carbons (Fsp3) is 0.100. The van der Waals surface area contributed by atoms with Crippen molar-refractivity contribution >= 4 is 5.69 Å². The van der Waals surface area contributed by atoms with Crippen LogP contribution in [0.15, 0.2) is 24.4 Å². The van der Waals surface area contributed by atoms with Crippen molar-refractivity contribution in [1.82, 2.24) is 9.97 Å². The number of rotatable bonds is 1. The molecule has 0 aliphatic carbocycles. The average Bonchev–Trinajstić information content (AvgIpc) is 2.70. The quantitative estimate of drug-likeness (QED) is 0.599.